The third kappa shape index (κ3) is 6.44. The van der Waals surface area contributed by atoms with Gasteiger partial charge in [-0.15, -0.1) is 10.2 Å². The summed E-state index contributed by atoms with van der Waals surface area (Å²) < 4.78 is 2.19. The first-order valence-corrected chi connectivity index (χ1v) is 13.5. The number of aryl methyl sites for hydroxylation is 3. The first-order chi connectivity index (χ1) is 18.9. The van der Waals surface area contributed by atoms with Crippen molar-refractivity contribution in [2.24, 2.45) is 5.73 Å². The number of fused-ring (bicyclic) bond motifs is 1. The summed E-state index contributed by atoms with van der Waals surface area (Å²) in [5, 5.41) is 13.7. The number of rotatable bonds is 11. The number of aromatic nitrogens is 4. The minimum Gasteiger partial charge on any atom is -0.361 e. The van der Waals surface area contributed by atoms with Crippen molar-refractivity contribution in [1.82, 2.24) is 25.1 Å². The number of carbonyl (C=O) groups is 1. The van der Waals surface area contributed by atoms with Gasteiger partial charge in [-0.2, -0.15) is 0 Å². The fourth-order valence-corrected chi connectivity index (χ4v) is 4.89. The lowest BCUT2D eigenvalue weighted by molar-refractivity contribution is -0.126. The molecule has 0 spiro atoms. The molecule has 0 aliphatic rings. The molecule has 39 heavy (non-hydrogen) atoms. The van der Waals surface area contributed by atoms with Gasteiger partial charge in [-0.1, -0.05) is 78.9 Å². The van der Waals surface area contributed by atoms with Gasteiger partial charge in [-0.25, -0.2) is 0 Å². The van der Waals surface area contributed by atoms with Crippen LogP contribution in [0.5, 0.6) is 0 Å². The molecule has 0 saturated heterocycles. The molecule has 2 heterocycles. The Labute approximate surface area is 229 Å². The summed E-state index contributed by atoms with van der Waals surface area (Å²) in [7, 11) is 0. The summed E-state index contributed by atoms with van der Waals surface area (Å²) >= 11 is 0. The van der Waals surface area contributed by atoms with Gasteiger partial charge in [-0.3, -0.25) is 4.79 Å². The summed E-state index contributed by atoms with van der Waals surface area (Å²) in [6.07, 6.45) is 5.02. The molecular weight excluding hydrogens is 484 g/mol. The van der Waals surface area contributed by atoms with Crippen LogP contribution in [0.1, 0.15) is 48.2 Å². The molecule has 5 rings (SSSR count). The highest BCUT2D eigenvalue weighted by atomic mass is 16.2. The number of amides is 1. The lowest BCUT2D eigenvalue weighted by Crippen LogP contribution is -2.50. The topological polar surface area (TPSA) is 102 Å². The smallest absolute Gasteiger partial charge is 0.240 e. The Bertz CT molecular complexity index is 1510. The molecule has 1 atom stereocenters. The molecule has 0 fully saturated rings. The molecule has 7 nitrogen and oxygen atoms in total. The van der Waals surface area contributed by atoms with Crippen LogP contribution in [-0.2, 0) is 37.0 Å². The number of para-hydroxylation sites is 1. The summed E-state index contributed by atoms with van der Waals surface area (Å²) in [6.45, 7) is 4.15. The lowest BCUT2D eigenvalue weighted by atomic mass is 10.0. The first kappa shape index (κ1) is 26.4. The number of H-pyrrole nitrogens is 1. The largest absolute Gasteiger partial charge is 0.361 e. The molecule has 0 bridgehead atoms. The minimum atomic E-state index is -1.02. The molecule has 3 aromatic carbocycles. The van der Waals surface area contributed by atoms with Gasteiger partial charge in [0.15, 0.2) is 5.82 Å². The van der Waals surface area contributed by atoms with E-state index in [1.54, 1.807) is 13.8 Å². The average Bonchev–Trinajstić information content (AvgIpc) is 3.55. The highest BCUT2D eigenvalue weighted by Crippen LogP contribution is 2.25. The Hall–Kier alpha value is -4.23. The number of nitrogens with zero attached hydrogens (tertiary/aromatic N) is 3. The van der Waals surface area contributed by atoms with Crippen molar-refractivity contribution in [3.63, 3.8) is 0 Å². The number of aromatic amines is 1. The van der Waals surface area contributed by atoms with Crippen LogP contribution >= 0.6 is 0 Å². The number of hydrogen-bond acceptors (Lipinski definition) is 4. The van der Waals surface area contributed by atoms with Crippen molar-refractivity contribution in [3.8, 4) is 0 Å². The molecule has 200 valence electrons. The van der Waals surface area contributed by atoms with Gasteiger partial charge in [-0.05, 0) is 49.4 Å². The summed E-state index contributed by atoms with van der Waals surface area (Å²) in [5.41, 5.74) is 9.84. The van der Waals surface area contributed by atoms with Crippen LogP contribution in [0.3, 0.4) is 0 Å². The van der Waals surface area contributed by atoms with Crippen LogP contribution < -0.4 is 11.1 Å². The molecule has 1 amide bonds. The first-order valence-electron chi connectivity index (χ1n) is 13.5. The number of carbonyl (C=O) groups excluding carboxylic acids is 1. The molecule has 0 radical (unpaired) electrons. The molecule has 7 heteroatoms. The van der Waals surface area contributed by atoms with Crippen LogP contribution in [0.4, 0.5) is 0 Å². The van der Waals surface area contributed by atoms with Gasteiger partial charge >= 0.3 is 0 Å². The predicted molar refractivity (Wildman–Crippen MR) is 155 cm³/mol. The third-order valence-electron chi connectivity index (χ3n) is 7.10. The van der Waals surface area contributed by atoms with Crippen molar-refractivity contribution < 1.29 is 4.79 Å². The molecule has 0 saturated carbocycles. The highest BCUT2D eigenvalue weighted by Gasteiger charge is 2.29. The van der Waals surface area contributed by atoms with Crippen molar-refractivity contribution >= 4 is 16.8 Å². The van der Waals surface area contributed by atoms with Crippen LogP contribution in [-0.4, -0.2) is 31.2 Å². The van der Waals surface area contributed by atoms with E-state index in [4.69, 9.17) is 5.73 Å². The zero-order valence-electron chi connectivity index (χ0n) is 22.6. The van der Waals surface area contributed by atoms with Crippen molar-refractivity contribution in [2.75, 3.05) is 0 Å². The van der Waals surface area contributed by atoms with Crippen LogP contribution in [0.15, 0.2) is 91.1 Å². The van der Waals surface area contributed by atoms with E-state index in [1.165, 1.54) is 11.1 Å². The monoisotopic (exact) mass is 520 g/mol. The molecule has 4 N–H and O–H groups in total. The summed E-state index contributed by atoms with van der Waals surface area (Å²) in [4.78, 5) is 16.5. The minimum absolute atomic E-state index is 0.226. The second kappa shape index (κ2) is 11.7. The third-order valence-corrected chi connectivity index (χ3v) is 7.10. The van der Waals surface area contributed by atoms with E-state index in [-0.39, 0.29) is 5.91 Å². The van der Waals surface area contributed by atoms with Crippen LogP contribution in [0.25, 0.3) is 10.9 Å². The molecule has 2 aromatic heterocycles. The van der Waals surface area contributed by atoms with Crippen molar-refractivity contribution in [3.05, 3.63) is 119 Å². The Kier molecular flexibility index (Phi) is 7.89. The van der Waals surface area contributed by atoms with Crippen LogP contribution in [0.2, 0.25) is 0 Å². The highest BCUT2D eigenvalue weighted by molar-refractivity contribution is 5.86. The number of hydrogen-bond donors (Lipinski definition) is 3. The molecule has 0 aliphatic heterocycles. The quantitative estimate of drug-likeness (QED) is 0.230. The standard InChI is InChI=1S/C32H36N6O/c1-32(2,33)31(39)35-28(21-25-22-34-27-16-10-9-15-26(25)27)30-37-36-29(18-17-23-11-5-3-6-12-23)38(30)20-19-24-13-7-4-8-14-24/h3-16,22,28,34H,17-21,33H2,1-2H3,(H,35,39). The summed E-state index contributed by atoms with van der Waals surface area (Å²) in [6, 6.07) is 28.6. The zero-order valence-corrected chi connectivity index (χ0v) is 22.6. The van der Waals surface area contributed by atoms with Crippen LogP contribution in [0, 0.1) is 0 Å². The second-order valence-electron chi connectivity index (χ2n) is 10.7. The maximum Gasteiger partial charge on any atom is 0.240 e. The van der Waals surface area contributed by atoms with Gasteiger partial charge in [0.25, 0.3) is 0 Å². The number of benzene rings is 3. The van der Waals surface area contributed by atoms with E-state index in [0.29, 0.717) is 13.0 Å². The molecule has 5 aromatic rings. The SMILES string of the molecule is CC(C)(N)C(=O)NC(Cc1c[nH]c2ccccc12)c1nnc(CCc2ccccc2)n1CCc1ccccc1. The van der Waals surface area contributed by atoms with E-state index in [0.717, 1.165) is 47.4 Å². The molecule has 0 aliphatic carbocycles. The normalized spacial score (nSPS) is 12.5. The van der Waals surface area contributed by atoms with Gasteiger partial charge in [0.1, 0.15) is 5.82 Å². The fourth-order valence-electron chi connectivity index (χ4n) is 4.89. The Morgan fingerprint density at radius 3 is 2.23 bits per heavy atom. The summed E-state index contributed by atoms with van der Waals surface area (Å²) in [5.74, 6) is 1.43. The molecular formula is C32H36N6O. The van der Waals surface area contributed by atoms with Gasteiger partial charge < -0.3 is 20.6 Å². The Balaban J connectivity index is 1.50. The van der Waals surface area contributed by atoms with E-state index in [2.05, 4.69) is 85.7 Å². The number of nitrogens with one attached hydrogen (secondary N) is 2. The van der Waals surface area contributed by atoms with E-state index >= 15 is 0 Å². The van der Waals surface area contributed by atoms with Gasteiger partial charge in [0.05, 0.1) is 11.6 Å². The van der Waals surface area contributed by atoms with E-state index < -0.39 is 11.6 Å². The average molecular weight is 521 g/mol. The van der Waals surface area contributed by atoms with E-state index in [9.17, 15) is 4.79 Å². The number of nitrogens with two attached hydrogens (primary N) is 1. The molecule has 1 unspecified atom stereocenters. The van der Waals surface area contributed by atoms with Gasteiger partial charge in [0.2, 0.25) is 5.91 Å². The van der Waals surface area contributed by atoms with Gasteiger partial charge in [0, 0.05) is 36.5 Å². The van der Waals surface area contributed by atoms with Crippen molar-refractivity contribution in [1.29, 1.82) is 0 Å². The maximum absolute atomic E-state index is 13.1. The lowest BCUT2D eigenvalue weighted by Gasteiger charge is -2.25. The Morgan fingerprint density at radius 1 is 0.897 bits per heavy atom. The fraction of sp³-hybridized carbons (Fsp3) is 0.281. The predicted octanol–water partition coefficient (Wildman–Crippen LogP) is 4.92. The maximum atomic E-state index is 13.1. The van der Waals surface area contributed by atoms with Crippen molar-refractivity contribution in [2.45, 2.75) is 57.7 Å². The second-order valence-corrected chi connectivity index (χ2v) is 10.7. The van der Waals surface area contributed by atoms with E-state index in [1.807, 2.05) is 30.5 Å². The Morgan fingerprint density at radius 2 is 1.54 bits per heavy atom. The zero-order chi connectivity index (χ0) is 27.2.